The molecule has 0 unspecified atom stereocenters. The van der Waals surface area contributed by atoms with Gasteiger partial charge < -0.3 is 15.2 Å². The number of fused-ring (bicyclic) bond motifs is 1. The topological polar surface area (TPSA) is 73.3 Å². The van der Waals surface area contributed by atoms with E-state index in [9.17, 15) is 9.90 Å². The lowest BCUT2D eigenvalue weighted by atomic mass is 10.2. The molecule has 1 aromatic heterocycles. The Morgan fingerprint density at radius 3 is 2.79 bits per heavy atom. The van der Waals surface area contributed by atoms with Crippen molar-refractivity contribution >= 4 is 32.8 Å². The SMILES string of the molecule is O=C(O)c1c[nH]c2ccc(O)c(Br)c12. The molecule has 0 aliphatic heterocycles. The normalized spacial score (nSPS) is 10.6. The number of H-pyrrole nitrogens is 1. The van der Waals surface area contributed by atoms with Crippen LogP contribution >= 0.6 is 15.9 Å². The monoisotopic (exact) mass is 255 g/mol. The molecule has 1 aromatic carbocycles. The summed E-state index contributed by atoms with van der Waals surface area (Å²) >= 11 is 3.15. The first-order chi connectivity index (χ1) is 6.61. The number of carbonyl (C=O) groups is 1. The highest BCUT2D eigenvalue weighted by atomic mass is 79.9. The minimum Gasteiger partial charge on any atom is -0.507 e. The van der Waals surface area contributed by atoms with Gasteiger partial charge in [0.05, 0.1) is 10.0 Å². The molecule has 0 aliphatic carbocycles. The van der Waals surface area contributed by atoms with Crippen LogP contribution in [-0.2, 0) is 0 Å². The van der Waals surface area contributed by atoms with Crippen LogP contribution in [0.2, 0.25) is 0 Å². The number of hydrogen-bond donors (Lipinski definition) is 3. The van der Waals surface area contributed by atoms with Gasteiger partial charge in [0, 0.05) is 17.1 Å². The zero-order chi connectivity index (χ0) is 10.3. The maximum absolute atomic E-state index is 10.8. The summed E-state index contributed by atoms with van der Waals surface area (Å²) in [5, 5.41) is 18.7. The first kappa shape index (κ1) is 9.08. The van der Waals surface area contributed by atoms with Crippen LogP contribution in [0.5, 0.6) is 5.75 Å². The molecule has 0 saturated carbocycles. The Morgan fingerprint density at radius 2 is 2.14 bits per heavy atom. The van der Waals surface area contributed by atoms with Gasteiger partial charge in [-0.25, -0.2) is 4.79 Å². The molecule has 2 aromatic rings. The summed E-state index contributed by atoms with van der Waals surface area (Å²) in [6.07, 6.45) is 1.40. The van der Waals surface area contributed by atoms with Crippen LogP contribution in [0.15, 0.2) is 22.8 Å². The number of aromatic nitrogens is 1. The van der Waals surface area contributed by atoms with Crippen molar-refractivity contribution in [3.8, 4) is 5.75 Å². The van der Waals surface area contributed by atoms with Crippen molar-refractivity contribution in [3.63, 3.8) is 0 Å². The predicted octanol–water partition coefficient (Wildman–Crippen LogP) is 2.33. The molecular weight excluding hydrogens is 250 g/mol. The van der Waals surface area contributed by atoms with Crippen molar-refractivity contribution in [1.29, 1.82) is 0 Å². The zero-order valence-electron chi connectivity index (χ0n) is 6.91. The third-order valence-corrected chi connectivity index (χ3v) is 2.80. The molecule has 0 bridgehead atoms. The van der Waals surface area contributed by atoms with E-state index < -0.39 is 5.97 Å². The van der Waals surface area contributed by atoms with Crippen LogP contribution in [0.3, 0.4) is 0 Å². The number of benzene rings is 1. The van der Waals surface area contributed by atoms with Crippen LogP contribution < -0.4 is 0 Å². The molecule has 14 heavy (non-hydrogen) atoms. The van der Waals surface area contributed by atoms with E-state index in [1.165, 1.54) is 12.3 Å². The van der Waals surface area contributed by atoms with Gasteiger partial charge in [-0.3, -0.25) is 0 Å². The second kappa shape index (κ2) is 3.02. The smallest absolute Gasteiger partial charge is 0.337 e. The number of nitrogens with one attached hydrogen (secondary N) is 1. The Labute approximate surface area is 87.3 Å². The van der Waals surface area contributed by atoms with Crippen LogP contribution in [0.1, 0.15) is 10.4 Å². The van der Waals surface area contributed by atoms with Gasteiger partial charge in [-0.1, -0.05) is 0 Å². The average Bonchev–Trinajstić information content (AvgIpc) is 2.55. The maximum atomic E-state index is 10.8. The summed E-state index contributed by atoms with van der Waals surface area (Å²) in [5.41, 5.74) is 0.815. The Bertz CT molecular complexity index is 518. The number of phenolic OH excluding ortho intramolecular Hbond substituents is 1. The van der Waals surface area contributed by atoms with E-state index in [-0.39, 0.29) is 11.3 Å². The van der Waals surface area contributed by atoms with Gasteiger partial charge in [0.15, 0.2) is 0 Å². The largest absolute Gasteiger partial charge is 0.507 e. The average molecular weight is 256 g/mol. The van der Waals surface area contributed by atoms with E-state index in [2.05, 4.69) is 20.9 Å². The van der Waals surface area contributed by atoms with E-state index in [4.69, 9.17) is 5.11 Å². The van der Waals surface area contributed by atoms with E-state index >= 15 is 0 Å². The Morgan fingerprint density at radius 1 is 1.43 bits per heavy atom. The molecule has 0 aliphatic rings. The van der Waals surface area contributed by atoms with Gasteiger partial charge in [-0.15, -0.1) is 0 Å². The maximum Gasteiger partial charge on any atom is 0.337 e. The summed E-state index contributed by atoms with van der Waals surface area (Å²) in [5.74, 6) is -0.998. The molecule has 0 saturated heterocycles. The zero-order valence-corrected chi connectivity index (χ0v) is 8.50. The van der Waals surface area contributed by atoms with Crippen molar-refractivity contribution in [2.24, 2.45) is 0 Å². The minimum atomic E-state index is -1.03. The summed E-state index contributed by atoms with van der Waals surface area (Å²) in [4.78, 5) is 13.6. The number of carboxylic acid groups (broad SMARTS) is 1. The molecule has 0 amide bonds. The molecule has 0 spiro atoms. The van der Waals surface area contributed by atoms with Gasteiger partial charge >= 0.3 is 5.97 Å². The minimum absolute atomic E-state index is 0.0274. The number of hydrogen-bond acceptors (Lipinski definition) is 2. The molecule has 5 heteroatoms. The number of aromatic carboxylic acids is 1. The number of rotatable bonds is 1. The summed E-state index contributed by atoms with van der Waals surface area (Å²) < 4.78 is 0.397. The lowest BCUT2D eigenvalue weighted by molar-refractivity contribution is 0.0699. The van der Waals surface area contributed by atoms with Gasteiger partial charge in [0.2, 0.25) is 0 Å². The Kier molecular flexibility index (Phi) is 1.96. The van der Waals surface area contributed by atoms with Crippen molar-refractivity contribution in [3.05, 3.63) is 28.4 Å². The van der Waals surface area contributed by atoms with E-state index in [1.807, 2.05) is 0 Å². The fourth-order valence-electron chi connectivity index (χ4n) is 1.34. The van der Waals surface area contributed by atoms with Crippen molar-refractivity contribution in [1.82, 2.24) is 4.98 Å². The molecule has 4 nitrogen and oxygen atoms in total. The standard InChI is InChI=1S/C9H6BrNO3/c10-8-6(12)2-1-5-7(8)4(3-11-5)9(13)14/h1-3,11-12H,(H,13,14). The molecule has 3 N–H and O–H groups in total. The Hall–Kier alpha value is -1.49. The first-order valence-electron chi connectivity index (χ1n) is 3.83. The fourth-order valence-corrected chi connectivity index (χ4v) is 1.90. The van der Waals surface area contributed by atoms with E-state index in [0.29, 0.717) is 15.4 Å². The van der Waals surface area contributed by atoms with E-state index in [0.717, 1.165) is 0 Å². The summed E-state index contributed by atoms with van der Waals surface area (Å²) in [6, 6.07) is 3.12. The number of aromatic hydroxyl groups is 1. The highest BCUT2D eigenvalue weighted by Crippen LogP contribution is 2.34. The molecule has 72 valence electrons. The summed E-state index contributed by atoms with van der Waals surface area (Å²) in [7, 11) is 0. The van der Waals surface area contributed by atoms with E-state index in [1.54, 1.807) is 6.07 Å². The molecular formula is C9H6BrNO3. The van der Waals surface area contributed by atoms with Gasteiger partial charge in [-0.2, -0.15) is 0 Å². The lowest BCUT2D eigenvalue weighted by Gasteiger charge is -1.99. The molecule has 1 heterocycles. The highest BCUT2D eigenvalue weighted by molar-refractivity contribution is 9.10. The third kappa shape index (κ3) is 1.17. The summed E-state index contributed by atoms with van der Waals surface area (Å²) in [6.45, 7) is 0. The quantitative estimate of drug-likeness (QED) is 0.733. The van der Waals surface area contributed by atoms with Gasteiger partial charge in [-0.05, 0) is 28.1 Å². The first-order valence-corrected chi connectivity index (χ1v) is 4.62. The number of phenols is 1. The molecule has 0 atom stereocenters. The number of carboxylic acids is 1. The van der Waals surface area contributed by atoms with Crippen LogP contribution in [0, 0.1) is 0 Å². The highest BCUT2D eigenvalue weighted by Gasteiger charge is 2.14. The van der Waals surface area contributed by atoms with Gasteiger partial charge in [0.1, 0.15) is 5.75 Å². The van der Waals surface area contributed by atoms with Crippen LogP contribution in [-0.4, -0.2) is 21.2 Å². The fraction of sp³-hybridized carbons (Fsp3) is 0. The predicted molar refractivity (Wildman–Crippen MR) is 54.6 cm³/mol. The van der Waals surface area contributed by atoms with Crippen molar-refractivity contribution in [2.75, 3.05) is 0 Å². The third-order valence-electron chi connectivity index (χ3n) is 1.99. The van der Waals surface area contributed by atoms with Crippen LogP contribution in [0.4, 0.5) is 0 Å². The second-order valence-electron chi connectivity index (χ2n) is 2.83. The molecule has 2 rings (SSSR count). The Balaban J connectivity index is 2.89. The second-order valence-corrected chi connectivity index (χ2v) is 3.62. The number of aromatic amines is 1. The molecule has 0 fully saturated rings. The van der Waals surface area contributed by atoms with Crippen molar-refractivity contribution < 1.29 is 15.0 Å². The van der Waals surface area contributed by atoms with Gasteiger partial charge in [0.25, 0.3) is 0 Å². The number of halogens is 1. The van der Waals surface area contributed by atoms with Crippen molar-refractivity contribution in [2.45, 2.75) is 0 Å². The molecule has 0 radical (unpaired) electrons. The van der Waals surface area contributed by atoms with Crippen LogP contribution in [0.25, 0.3) is 10.9 Å². The lowest BCUT2D eigenvalue weighted by Crippen LogP contribution is -1.93.